The minimum Gasteiger partial charge on any atom is -0.397 e. The van der Waals surface area contributed by atoms with Crippen LogP contribution in [0.2, 0.25) is 0 Å². The molecule has 2 rings (SSSR count). The number of aryl methyl sites for hydroxylation is 1. The van der Waals surface area contributed by atoms with Crippen LogP contribution in [0.3, 0.4) is 0 Å². The van der Waals surface area contributed by atoms with Gasteiger partial charge >= 0.3 is 0 Å². The lowest BCUT2D eigenvalue weighted by atomic mass is 10.3. The molecule has 6 nitrogen and oxygen atoms in total. The molecule has 0 fully saturated rings. The Morgan fingerprint density at radius 1 is 1.29 bits per heavy atom. The highest BCUT2D eigenvalue weighted by atomic mass is 16.1. The van der Waals surface area contributed by atoms with Gasteiger partial charge in [-0.2, -0.15) is 0 Å². The van der Waals surface area contributed by atoms with Crippen molar-refractivity contribution in [2.75, 3.05) is 11.1 Å². The molecular weight excluding hydrogens is 218 g/mol. The van der Waals surface area contributed by atoms with Crippen LogP contribution in [0.5, 0.6) is 0 Å². The average molecular weight is 229 g/mol. The Morgan fingerprint density at radius 3 is 2.76 bits per heavy atom. The fourth-order valence-corrected chi connectivity index (χ4v) is 1.24. The third-order valence-corrected chi connectivity index (χ3v) is 2.02. The SMILES string of the molecule is Cc1cncc(NC(=O)c2ccc(N)cn2)n1. The Hall–Kier alpha value is -2.50. The van der Waals surface area contributed by atoms with Crippen molar-refractivity contribution in [2.45, 2.75) is 6.92 Å². The van der Waals surface area contributed by atoms with Crippen LogP contribution in [-0.2, 0) is 0 Å². The highest BCUT2D eigenvalue weighted by molar-refractivity contribution is 6.02. The van der Waals surface area contributed by atoms with Crippen LogP contribution < -0.4 is 11.1 Å². The van der Waals surface area contributed by atoms with Gasteiger partial charge in [0.05, 0.1) is 23.8 Å². The van der Waals surface area contributed by atoms with Crippen LogP contribution in [0.1, 0.15) is 16.2 Å². The first-order valence-corrected chi connectivity index (χ1v) is 4.96. The summed E-state index contributed by atoms with van der Waals surface area (Å²) in [5.74, 6) is 0.0542. The number of nitrogens with zero attached hydrogens (tertiary/aromatic N) is 3. The van der Waals surface area contributed by atoms with E-state index in [9.17, 15) is 4.79 Å². The molecular formula is C11H11N5O. The molecule has 0 bridgehead atoms. The van der Waals surface area contributed by atoms with Crippen molar-refractivity contribution in [2.24, 2.45) is 0 Å². The van der Waals surface area contributed by atoms with Crippen molar-refractivity contribution < 1.29 is 4.79 Å². The number of pyridine rings is 1. The first-order chi connectivity index (χ1) is 8.15. The minimum atomic E-state index is -0.343. The molecule has 0 aliphatic rings. The molecule has 0 spiro atoms. The summed E-state index contributed by atoms with van der Waals surface area (Å²) in [6.45, 7) is 1.80. The first kappa shape index (κ1) is 11.0. The lowest BCUT2D eigenvalue weighted by Crippen LogP contribution is -2.15. The topological polar surface area (TPSA) is 93.8 Å². The van der Waals surface area contributed by atoms with Crippen LogP contribution in [0, 0.1) is 6.92 Å². The van der Waals surface area contributed by atoms with E-state index in [-0.39, 0.29) is 11.6 Å². The quantitative estimate of drug-likeness (QED) is 0.801. The molecule has 6 heteroatoms. The maximum Gasteiger partial charge on any atom is 0.275 e. The third kappa shape index (κ3) is 2.75. The normalized spacial score (nSPS) is 9.94. The number of carbonyl (C=O) groups is 1. The van der Waals surface area contributed by atoms with Crippen LogP contribution in [0.25, 0.3) is 0 Å². The Bertz CT molecular complexity index is 538. The van der Waals surface area contributed by atoms with Crippen molar-refractivity contribution in [3.8, 4) is 0 Å². The summed E-state index contributed by atoms with van der Waals surface area (Å²) >= 11 is 0. The van der Waals surface area contributed by atoms with Crippen LogP contribution >= 0.6 is 0 Å². The summed E-state index contributed by atoms with van der Waals surface area (Å²) in [5, 5.41) is 2.60. The van der Waals surface area contributed by atoms with Gasteiger partial charge in [0.25, 0.3) is 5.91 Å². The average Bonchev–Trinajstić information content (AvgIpc) is 2.29. The lowest BCUT2D eigenvalue weighted by Gasteiger charge is -2.03. The number of nitrogen functional groups attached to an aromatic ring is 1. The minimum absolute atomic E-state index is 0.280. The molecule has 2 aromatic heterocycles. The summed E-state index contributed by atoms with van der Waals surface area (Å²) in [6, 6.07) is 3.16. The second kappa shape index (κ2) is 4.56. The maximum absolute atomic E-state index is 11.8. The van der Waals surface area contributed by atoms with Crippen molar-refractivity contribution in [1.29, 1.82) is 0 Å². The second-order valence-corrected chi connectivity index (χ2v) is 3.48. The van der Waals surface area contributed by atoms with E-state index in [0.29, 0.717) is 11.5 Å². The molecule has 2 aromatic rings. The zero-order chi connectivity index (χ0) is 12.3. The van der Waals surface area contributed by atoms with Gasteiger partial charge in [0.15, 0.2) is 5.82 Å². The smallest absolute Gasteiger partial charge is 0.275 e. The molecule has 0 saturated heterocycles. The largest absolute Gasteiger partial charge is 0.397 e. The van der Waals surface area contributed by atoms with E-state index >= 15 is 0 Å². The summed E-state index contributed by atoms with van der Waals surface area (Å²) in [5.41, 5.74) is 7.00. The van der Waals surface area contributed by atoms with Gasteiger partial charge in [-0.1, -0.05) is 0 Å². The molecule has 0 saturated carbocycles. The Morgan fingerprint density at radius 2 is 2.12 bits per heavy atom. The van der Waals surface area contributed by atoms with Crippen molar-refractivity contribution in [1.82, 2.24) is 15.0 Å². The number of amides is 1. The molecule has 3 N–H and O–H groups in total. The van der Waals surface area contributed by atoms with E-state index in [1.54, 1.807) is 25.3 Å². The van der Waals surface area contributed by atoms with E-state index < -0.39 is 0 Å². The standard InChI is InChI=1S/C11H11N5O/c1-7-4-13-6-10(15-7)16-11(17)9-3-2-8(12)5-14-9/h2-6H,12H2,1H3,(H,15,16,17). The summed E-state index contributed by atoms with van der Waals surface area (Å²) in [7, 11) is 0. The number of carbonyl (C=O) groups excluding carboxylic acids is 1. The van der Waals surface area contributed by atoms with Gasteiger partial charge in [0.1, 0.15) is 5.69 Å². The Labute approximate surface area is 97.9 Å². The zero-order valence-electron chi connectivity index (χ0n) is 9.21. The third-order valence-electron chi connectivity index (χ3n) is 2.02. The van der Waals surface area contributed by atoms with E-state index in [1.807, 2.05) is 0 Å². The van der Waals surface area contributed by atoms with Gasteiger partial charge < -0.3 is 11.1 Å². The van der Waals surface area contributed by atoms with Gasteiger partial charge in [-0.25, -0.2) is 9.97 Å². The predicted octanol–water partition coefficient (Wildman–Crippen LogP) is 1.01. The number of anilines is 2. The number of hydrogen-bond acceptors (Lipinski definition) is 5. The summed E-state index contributed by atoms with van der Waals surface area (Å²) in [6.07, 6.45) is 4.51. The number of rotatable bonds is 2. The van der Waals surface area contributed by atoms with Gasteiger partial charge in [0, 0.05) is 6.20 Å². The number of nitrogens with one attached hydrogen (secondary N) is 1. The molecule has 1 amide bonds. The molecule has 0 atom stereocenters. The number of hydrogen-bond donors (Lipinski definition) is 2. The summed E-state index contributed by atoms with van der Waals surface area (Å²) in [4.78, 5) is 23.7. The molecule has 0 aromatic carbocycles. The highest BCUT2D eigenvalue weighted by Gasteiger charge is 2.08. The predicted molar refractivity (Wildman–Crippen MR) is 63.4 cm³/mol. The maximum atomic E-state index is 11.8. The Kier molecular flexibility index (Phi) is 2.95. The van der Waals surface area contributed by atoms with E-state index in [2.05, 4.69) is 20.3 Å². The molecule has 0 radical (unpaired) electrons. The first-order valence-electron chi connectivity index (χ1n) is 4.96. The van der Waals surface area contributed by atoms with Crippen molar-refractivity contribution >= 4 is 17.4 Å². The zero-order valence-corrected chi connectivity index (χ0v) is 9.21. The molecule has 17 heavy (non-hydrogen) atoms. The van der Waals surface area contributed by atoms with Crippen LogP contribution in [0.15, 0.2) is 30.7 Å². The molecule has 2 heterocycles. The molecule has 0 aliphatic heterocycles. The van der Waals surface area contributed by atoms with Gasteiger partial charge in [-0.05, 0) is 19.1 Å². The van der Waals surface area contributed by atoms with Crippen LogP contribution in [-0.4, -0.2) is 20.9 Å². The van der Waals surface area contributed by atoms with E-state index in [0.717, 1.165) is 5.69 Å². The van der Waals surface area contributed by atoms with Crippen molar-refractivity contribution in [3.63, 3.8) is 0 Å². The highest BCUT2D eigenvalue weighted by Crippen LogP contribution is 2.05. The van der Waals surface area contributed by atoms with Gasteiger partial charge in [-0.15, -0.1) is 0 Å². The summed E-state index contributed by atoms with van der Waals surface area (Å²) < 4.78 is 0. The van der Waals surface area contributed by atoms with Gasteiger partial charge in [0.2, 0.25) is 0 Å². The lowest BCUT2D eigenvalue weighted by molar-refractivity contribution is 0.102. The second-order valence-electron chi connectivity index (χ2n) is 3.48. The van der Waals surface area contributed by atoms with Crippen molar-refractivity contribution in [3.05, 3.63) is 42.1 Å². The van der Waals surface area contributed by atoms with Crippen LogP contribution in [0.4, 0.5) is 11.5 Å². The molecule has 86 valence electrons. The Balaban J connectivity index is 2.14. The van der Waals surface area contributed by atoms with Gasteiger partial charge in [-0.3, -0.25) is 9.78 Å². The molecule has 0 unspecified atom stereocenters. The van der Waals surface area contributed by atoms with E-state index in [1.165, 1.54) is 12.4 Å². The monoisotopic (exact) mass is 229 g/mol. The molecule has 0 aliphatic carbocycles. The van der Waals surface area contributed by atoms with E-state index in [4.69, 9.17) is 5.73 Å². The fraction of sp³-hybridized carbons (Fsp3) is 0.0909. The number of nitrogens with two attached hydrogens (primary N) is 1. The fourth-order valence-electron chi connectivity index (χ4n) is 1.24. The number of aromatic nitrogens is 3.